The highest BCUT2D eigenvalue weighted by molar-refractivity contribution is 6.31. The molecule has 0 fully saturated rings. The van der Waals surface area contributed by atoms with Crippen molar-refractivity contribution in [3.8, 4) is 5.75 Å². The van der Waals surface area contributed by atoms with E-state index in [2.05, 4.69) is 17.1 Å². The molecule has 0 bridgehead atoms. The average molecular weight is 299 g/mol. The normalized spacial score (nSPS) is 10.8. The molecule has 106 valence electrons. The fourth-order valence-corrected chi connectivity index (χ4v) is 2.51. The summed E-state index contributed by atoms with van der Waals surface area (Å²) in [6.07, 6.45) is 3.32. The maximum absolute atomic E-state index is 6.09. The first-order valence-electron chi connectivity index (χ1n) is 6.71. The van der Waals surface area contributed by atoms with Crippen LogP contribution in [0.4, 0.5) is 0 Å². The Morgan fingerprint density at radius 3 is 2.76 bits per heavy atom. The molecule has 0 saturated heterocycles. The lowest BCUT2D eigenvalue weighted by atomic mass is 10.0. The summed E-state index contributed by atoms with van der Waals surface area (Å²) in [7, 11) is 0. The van der Waals surface area contributed by atoms with E-state index in [0.29, 0.717) is 18.2 Å². The fraction of sp³-hybridized carbons (Fsp3) is 0.118. The van der Waals surface area contributed by atoms with E-state index in [1.807, 2.05) is 30.3 Å². The number of aromatic nitrogens is 1. The van der Waals surface area contributed by atoms with E-state index in [4.69, 9.17) is 22.1 Å². The maximum atomic E-state index is 6.09. The van der Waals surface area contributed by atoms with E-state index in [0.717, 1.165) is 27.6 Å². The quantitative estimate of drug-likeness (QED) is 0.794. The van der Waals surface area contributed by atoms with Crippen LogP contribution in [0.5, 0.6) is 5.75 Å². The Labute approximate surface area is 128 Å². The lowest BCUT2D eigenvalue weighted by Gasteiger charge is -2.13. The molecule has 0 atom stereocenters. The van der Waals surface area contributed by atoms with Gasteiger partial charge < -0.3 is 10.5 Å². The summed E-state index contributed by atoms with van der Waals surface area (Å²) in [6, 6.07) is 14.0. The van der Waals surface area contributed by atoms with Crippen molar-refractivity contribution in [3.05, 3.63) is 71.0 Å². The van der Waals surface area contributed by atoms with Crippen LogP contribution in [-0.2, 0) is 13.2 Å². The highest BCUT2D eigenvalue weighted by Crippen LogP contribution is 2.28. The Hall–Kier alpha value is -2.10. The lowest BCUT2D eigenvalue weighted by molar-refractivity contribution is 0.303. The monoisotopic (exact) mass is 298 g/mol. The first-order valence-corrected chi connectivity index (χ1v) is 7.09. The third-order valence-corrected chi connectivity index (χ3v) is 3.78. The molecule has 0 spiro atoms. The van der Waals surface area contributed by atoms with Gasteiger partial charge in [-0.05, 0) is 22.9 Å². The van der Waals surface area contributed by atoms with Gasteiger partial charge in [-0.15, -0.1) is 0 Å². The van der Waals surface area contributed by atoms with Crippen molar-refractivity contribution >= 4 is 22.4 Å². The number of nitrogens with two attached hydrogens (primary N) is 1. The molecule has 0 aliphatic rings. The second-order valence-corrected chi connectivity index (χ2v) is 5.13. The van der Waals surface area contributed by atoms with Gasteiger partial charge in [0.25, 0.3) is 0 Å². The van der Waals surface area contributed by atoms with Crippen molar-refractivity contribution in [3.63, 3.8) is 0 Å². The van der Waals surface area contributed by atoms with Crippen LogP contribution in [0.2, 0.25) is 5.02 Å². The minimum atomic E-state index is 0.396. The Bertz CT molecular complexity index is 774. The van der Waals surface area contributed by atoms with E-state index in [-0.39, 0.29) is 0 Å². The zero-order valence-corrected chi connectivity index (χ0v) is 12.2. The Kier molecular flexibility index (Phi) is 4.04. The zero-order chi connectivity index (χ0) is 14.7. The first kappa shape index (κ1) is 13.9. The number of benzene rings is 2. The molecule has 0 aliphatic carbocycles. The molecule has 2 aromatic carbocycles. The van der Waals surface area contributed by atoms with Crippen LogP contribution in [-0.4, -0.2) is 4.98 Å². The van der Waals surface area contributed by atoms with E-state index in [1.54, 1.807) is 12.4 Å². The second-order valence-electron chi connectivity index (χ2n) is 4.72. The Morgan fingerprint density at radius 1 is 1.10 bits per heavy atom. The molecule has 3 rings (SSSR count). The molecule has 1 aromatic heterocycles. The van der Waals surface area contributed by atoms with Gasteiger partial charge in [0.05, 0.1) is 5.02 Å². The third-order valence-electron chi connectivity index (χ3n) is 3.44. The average Bonchev–Trinajstić information content (AvgIpc) is 2.53. The number of rotatable bonds is 4. The smallest absolute Gasteiger partial charge is 0.124 e. The van der Waals surface area contributed by atoms with Gasteiger partial charge in [-0.3, -0.25) is 4.98 Å². The molecule has 2 N–H and O–H groups in total. The highest BCUT2D eigenvalue weighted by Gasteiger charge is 2.08. The maximum Gasteiger partial charge on any atom is 0.124 e. The first-order chi connectivity index (χ1) is 10.3. The fourth-order valence-electron chi connectivity index (χ4n) is 2.34. The van der Waals surface area contributed by atoms with Gasteiger partial charge in [-0.25, -0.2) is 0 Å². The molecule has 1 heterocycles. The van der Waals surface area contributed by atoms with Crippen molar-refractivity contribution < 1.29 is 4.74 Å². The van der Waals surface area contributed by atoms with Crippen LogP contribution >= 0.6 is 11.6 Å². The summed E-state index contributed by atoms with van der Waals surface area (Å²) in [5.74, 6) is 0.795. The lowest BCUT2D eigenvalue weighted by Crippen LogP contribution is -2.04. The van der Waals surface area contributed by atoms with Crippen molar-refractivity contribution in [1.82, 2.24) is 4.98 Å². The van der Waals surface area contributed by atoms with E-state index in [1.165, 1.54) is 0 Å². The largest absolute Gasteiger partial charge is 0.488 e. The molecule has 0 radical (unpaired) electrons. The summed E-state index contributed by atoms with van der Waals surface area (Å²) in [5, 5.41) is 2.89. The van der Waals surface area contributed by atoms with Crippen molar-refractivity contribution in [2.24, 2.45) is 5.73 Å². The highest BCUT2D eigenvalue weighted by atomic mass is 35.5. The van der Waals surface area contributed by atoms with Gasteiger partial charge in [-0.2, -0.15) is 0 Å². The van der Waals surface area contributed by atoms with E-state index >= 15 is 0 Å². The van der Waals surface area contributed by atoms with Crippen LogP contribution in [0.3, 0.4) is 0 Å². The summed E-state index contributed by atoms with van der Waals surface area (Å²) in [6.45, 7) is 0.827. The third kappa shape index (κ3) is 2.84. The topological polar surface area (TPSA) is 48.1 Å². The van der Waals surface area contributed by atoms with Crippen LogP contribution in [0.25, 0.3) is 10.8 Å². The molecule has 0 saturated carbocycles. The molecule has 3 aromatic rings. The van der Waals surface area contributed by atoms with Gasteiger partial charge in [0.15, 0.2) is 0 Å². The molecule has 0 unspecified atom stereocenters. The van der Waals surface area contributed by atoms with Gasteiger partial charge in [0, 0.05) is 30.1 Å². The molecule has 0 amide bonds. The molecule has 4 heteroatoms. The summed E-state index contributed by atoms with van der Waals surface area (Å²) < 4.78 is 5.91. The molecular weight excluding hydrogens is 284 g/mol. The van der Waals surface area contributed by atoms with Crippen LogP contribution in [0.15, 0.2) is 54.9 Å². The Morgan fingerprint density at radius 2 is 1.95 bits per heavy atom. The number of nitrogens with zero attached hydrogens (tertiary/aromatic N) is 1. The van der Waals surface area contributed by atoms with Gasteiger partial charge in [0.2, 0.25) is 0 Å². The molecule has 0 aliphatic heterocycles. The van der Waals surface area contributed by atoms with Crippen LogP contribution < -0.4 is 10.5 Å². The molecule has 3 nitrogen and oxygen atoms in total. The second kappa shape index (κ2) is 6.12. The Balaban J connectivity index is 1.92. The number of ether oxygens (including phenoxy) is 1. The molecular formula is C17H15ClN2O. The predicted molar refractivity (Wildman–Crippen MR) is 85.4 cm³/mol. The summed E-state index contributed by atoms with van der Waals surface area (Å²) in [5.41, 5.74) is 7.82. The summed E-state index contributed by atoms with van der Waals surface area (Å²) in [4.78, 5) is 3.97. The van der Waals surface area contributed by atoms with Gasteiger partial charge >= 0.3 is 0 Å². The minimum absolute atomic E-state index is 0.396. The van der Waals surface area contributed by atoms with Gasteiger partial charge in [-0.1, -0.05) is 41.9 Å². The van der Waals surface area contributed by atoms with E-state index in [9.17, 15) is 0 Å². The number of halogens is 1. The summed E-state index contributed by atoms with van der Waals surface area (Å²) >= 11 is 6.09. The van der Waals surface area contributed by atoms with Gasteiger partial charge in [0.1, 0.15) is 12.4 Å². The van der Waals surface area contributed by atoms with Crippen molar-refractivity contribution in [2.45, 2.75) is 13.2 Å². The van der Waals surface area contributed by atoms with Crippen molar-refractivity contribution in [2.75, 3.05) is 0 Å². The number of fused-ring (bicyclic) bond motifs is 1. The number of hydrogen-bond acceptors (Lipinski definition) is 3. The number of hydrogen-bond donors (Lipinski definition) is 1. The van der Waals surface area contributed by atoms with E-state index < -0.39 is 0 Å². The zero-order valence-electron chi connectivity index (χ0n) is 11.4. The standard InChI is InChI=1S/C17H15ClN2O/c18-16-10-20-8-7-13(16)11-21-17-6-5-12-3-1-2-4-14(12)15(17)9-19/h1-8,10H,9,11,19H2. The van der Waals surface area contributed by atoms with Crippen molar-refractivity contribution in [1.29, 1.82) is 0 Å². The minimum Gasteiger partial charge on any atom is -0.488 e. The molecule has 21 heavy (non-hydrogen) atoms. The number of pyridine rings is 1. The SMILES string of the molecule is NCc1c(OCc2ccncc2Cl)ccc2ccccc12. The predicted octanol–water partition coefficient (Wildman–Crippen LogP) is 3.93. The van der Waals surface area contributed by atoms with Crippen LogP contribution in [0.1, 0.15) is 11.1 Å². The van der Waals surface area contributed by atoms with Crippen LogP contribution in [0, 0.1) is 0 Å².